The molecular weight excluding hydrogens is 184 g/mol. The topological polar surface area (TPSA) is 64.4 Å². The number of carboxylic acids is 1. The summed E-state index contributed by atoms with van der Waals surface area (Å²) in [5, 5.41) is 8.33. The molecular formula is C9H14N2O3. The van der Waals surface area contributed by atoms with Gasteiger partial charge in [0.15, 0.2) is 0 Å². The van der Waals surface area contributed by atoms with Crippen LogP contribution >= 0.6 is 0 Å². The average Bonchev–Trinajstić information content (AvgIpc) is 2.59. The van der Waals surface area contributed by atoms with Crippen molar-refractivity contribution in [3.8, 4) is 0 Å². The van der Waals surface area contributed by atoms with E-state index in [2.05, 4.69) is 4.98 Å². The maximum atomic E-state index is 10.1. The van der Waals surface area contributed by atoms with Crippen LogP contribution in [0, 0.1) is 0 Å². The second kappa shape index (κ2) is 5.39. The molecule has 0 amide bonds. The van der Waals surface area contributed by atoms with Gasteiger partial charge in [0.05, 0.1) is 6.61 Å². The van der Waals surface area contributed by atoms with Gasteiger partial charge in [-0.1, -0.05) is 6.92 Å². The molecule has 0 atom stereocenters. The number of aliphatic carboxylic acids is 1. The molecule has 0 spiro atoms. The van der Waals surface area contributed by atoms with Crippen LogP contribution in [-0.4, -0.2) is 33.8 Å². The van der Waals surface area contributed by atoms with E-state index in [-0.39, 0.29) is 6.61 Å². The van der Waals surface area contributed by atoms with Crippen LogP contribution in [0.25, 0.3) is 0 Å². The molecule has 14 heavy (non-hydrogen) atoms. The molecule has 0 fully saturated rings. The first-order valence-electron chi connectivity index (χ1n) is 4.53. The van der Waals surface area contributed by atoms with Gasteiger partial charge in [-0.15, -0.1) is 0 Å². The zero-order valence-electron chi connectivity index (χ0n) is 8.14. The number of hydrogen-bond acceptors (Lipinski definition) is 3. The van der Waals surface area contributed by atoms with E-state index in [0.717, 1.165) is 12.2 Å². The van der Waals surface area contributed by atoms with Crippen molar-refractivity contribution in [1.82, 2.24) is 9.55 Å². The van der Waals surface area contributed by atoms with E-state index in [1.54, 1.807) is 6.20 Å². The number of ether oxygens (including phenoxy) is 1. The Labute approximate surface area is 82.3 Å². The van der Waals surface area contributed by atoms with Crippen LogP contribution in [-0.2, 0) is 22.5 Å². The lowest BCUT2D eigenvalue weighted by Crippen LogP contribution is -2.12. The fourth-order valence-corrected chi connectivity index (χ4v) is 1.18. The Morgan fingerprint density at radius 3 is 3.14 bits per heavy atom. The number of imidazole rings is 1. The van der Waals surface area contributed by atoms with Crippen LogP contribution < -0.4 is 0 Å². The van der Waals surface area contributed by atoms with Crippen LogP contribution in [0.1, 0.15) is 12.7 Å². The lowest BCUT2D eigenvalue weighted by atomic mass is 10.4. The predicted octanol–water partition coefficient (Wildman–Crippen LogP) is 0.547. The van der Waals surface area contributed by atoms with Crippen molar-refractivity contribution in [2.45, 2.75) is 19.9 Å². The maximum Gasteiger partial charge on any atom is 0.329 e. The molecule has 0 bridgehead atoms. The minimum Gasteiger partial charge on any atom is -0.480 e. The number of aryl methyl sites for hydroxylation is 1. The number of carboxylic acid groups (broad SMARTS) is 1. The van der Waals surface area contributed by atoms with Crippen molar-refractivity contribution >= 4 is 5.97 Å². The van der Waals surface area contributed by atoms with Crippen LogP contribution in [0.3, 0.4) is 0 Å². The molecule has 0 aromatic carbocycles. The van der Waals surface area contributed by atoms with Gasteiger partial charge in [-0.2, -0.15) is 0 Å². The molecule has 0 radical (unpaired) electrons. The van der Waals surface area contributed by atoms with Crippen LogP contribution in [0.2, 0.25) is 0 Å². The summed E-state index contributed by atoms with van der Waals surface area (Å²) in [5.74, 6) is 0.0512. The van der Waals surface area contributed by atoms with Crippen LogP contribution in [0.5, 0.6) is 0 Å². The first-order chi connectivity index (χ1) is 6.74. The maximum absolute atomic E-state index is 10.1. The molecule has 5 heteroatoms. The fourth-order valence-electron chi connectivity index (χ4n) is 1.18. The Bertz CT molecular complexity index is 296. The molecule has 0 aliphatic heterocycles. The highest BCUT2D eigenvalue weighted by Crippen LogP contribution is 1.97. The number of hydrogen-bond donors (Lipinski definition) is 1. The monoisotopic (exact) mass is 198 g/mol. The van der Waals surface area contributed by atoms with E-state index in [0.29, 0.717) is 13.2 Å². The van der Waals surface area contributed by atoms with E-state index in [1.165, 1.54) is 0 Å². The lowest BCUT2D eigenvalue weighted by Gasteiger charge is -2.05. The van der Waals surface area contributed by atoms with E-state index in [4.69, 9.17) is 9.84 Å². The molecule has 0 saturated carbocycles. The molecule has 1 aromatic rings. The van der Waals surface area contributed by atoms with Crippen molar-refractivity contribution in [2.24, 2.45) is 0 Å². The number of aromatic nitrogens is 2. The van der Waals surface area contributed by atoms with Gasteiger partial charge >= 0.3 is 5.97 Å². The first kappa shape index (κ1) is 10.7. The summed E-state index contributed by atoms with van der Waals surface area (Å²) in [6.07, 6.45) is 4.46. The zero-order valence-corrected chi connectivity index (χ0v) is 8.14. The summed E-state index contributed by atoms with van der Waals surface area (Å²) in [4.78, 5) is 14.3. The third kappa shape index (κ3) is 3.18. The van der Waals surface area contributed by atoms with Gasteiger partial charge in [0.2, 0.25) is 0 Å². The second-order valence-corrected chi connectivity index (χ2v) is 2.84. The molecule has 0 unspecified atom stereocenters. The Hall–Kier alpha value is -1.36. The van der Waals surface area contributed by atoms with Gasteiger partial charge < -0.3 is 14.4 Å². The Morgan fingerprint density at radius 1 is 1.71 bits per heavy atom. The standard InChI is InChI=1S/C9H14N2O3/c1-2-8-10-3-4-11(8)5-6-14-7-9(12)13/h3-4H,2,5-7H2,1H3,(H,12,13). The summed E-state index contributed by atoms with van der Waals surface area (Å²) in [7, 11) is 0. The highest BCUT2D eigenvalue weighted by Gasteiger charge is 2.00. The third-order valence-corrected chi connectivity index (χ3v) is 1.82. The second-order valence-electron chi connectivity index (χ2n) is 2.84. The van der Waals surface area contributed by atoms with Crippen LogP contribution in [0.15, 0.2) is 12.4 Å². The molecule has 1 aromatic heterocycles. The SMILES string of the molecule is CCc1nccn1CCOCC(=O)O. The Balaban J connectivity index is 2.27. The largest absolute Gasteiger partial charge is 0.480 e. The van der Waals surface area contributed by atoms with Crippen molar-refractivity contribution in [3.05, 3.63) is 18.2 Å². The molecule has 1 heterocycles. The van der Waals surface area contributed by atoms with Gasteiger partial charge in [0.25, 0.3) is 0 Å². The van der Waals surface area contributed by atoms with Crippen molar-refractivity contribution < 1.29 is 14.6 Å². The molecule has 0 aliphatic rings. The third-order valence-electron chi connectivity index (χ3n) is 1.82. The average molecular weight is 198 g/mol. The first-order valence-corrected chi connectivity index (χ1v) is 4.53. The summed E-state index contributed by atoms with van der Waals surface area (Å²) in [6, 6.07) is 0. The zero-order chi connectivity index (χ0) is 10.4. The van der Waals surface area contributed by atoms with E-state index < -0.39 is 5.97 Å². The number of carbonyl (C=O) groups is 1. The normalized spacial score (nSPS) is 10.4. The number of nitrogens with zero attached hydrogens (tertiary/aromatic N) is 2. The summed E-state index contributed by atoms with van der Waals surface area (Å²) in [6.45, 7) is 2.83. The minimum absolute atomic E-state index is 0.240. The molecule has 0 aliphatic carbocycles. The summed E-state index contributed by atoms with van der Waals surface area (Å²) < 4.78 is 6.88. The van der Waals surface area contributed by atoms with Gasteiger partial charge in [-0.05, 0) is 0 Å². The fraction of sp³-hybridized carbons (Fsp3) is 0.556. The molecule has 5 nitrogen and oxygen atoms in total. The summed E-state index contributed by atoms with van der Waals surface area (Å²) in [5.41, 5.74) is 0. The van der Waals surface area contributed by atoms with Gasteiger partial charge in [0.1, 0.15) is 12.4 Å². The van der Waals surface area contributed by atoms with Gasteiger partial charge in [-0.3, -0.25) is 0 Å². The molecule has 0 saturated heterocycles. The van der Waals surface area contributed by atoms with Gasteiger partial charge in [0, 0.05) is 25.4 Å². The highest BCUT2D eigenvalue weighted by molar-refractivity contribution is 5.67. The van der Waals surface area contributed by atoms with Crippen molar-refractivity contribution in [2.75, 3.05) is 13.2 Å². The van der Waals surface area contributed by atoms with E-state index >= 15 is 0 Å². The Morgan fingerprint density at radius 2 is 2.50 bits per heavy atom. The summed E-state index contributed by atoms with van der Waals surface area (Å²) >= 11 is 0. The lowest BCUT2D eigenvalue weighted by molar-refractivity contribution is -0.142. The Kier molecular flexibility index (Phi) is 4.12. The van der Waals surface area contributed by atoms with Gasteiger partial charge in [-0.25, -0.2) is 9.78 Å². The predicted molar refractivity (Wildman–Crippen MR) is 50.1 cm³/mol. The van der Waals surface area contributed by atoms with Crippen molar-refractivity contribution in [1.29, 1.82) is 0 Å². The molecule has 1 N–H and O–H groups in total. The van der Waals surface area contributed by atoms with E-state index in [1.807, 2.05) is 17.7 Å². The quantitative estimate of drug-likeness (QED) is 0.678. The minimum atomic E-state index is -0.939. The van der Waals surface area contributed by atoms with Crippen molar-refractivity contribution in [3.63, 3.8) is 0 Å². The molecule has 1 rings (SSSR count). The smallest absolute Gasteiger partial charge is 0.329 e. The van der Waals surface area contributed by atoms with Crippen LogP contribution in [0.4, 0.5) is 0 Å². The van der Waals surface area contributed by atoms with E-state index in [9.17, 15) is 4.79 Å². The number of rotatable bonds is 6. The highest BCUT2D eigenvalue weighted by atomic mass is 16.5. The molecule has 78 valence electrons.